The molecule has 0 unspecified atom stereocenters. The van der Waals surface area contributed by atoms with Crippen molar-refractivity contribution in [2.75, 3.05) is 26.2 Å². The first-order valence-corrected chi connectivity index (χ1v) is 7.38. The highest BCUT2D eigenvalue weighted by Gasteiger charge is 2.24. The lowest BCUT2D eigenvalue weighted by Crippen LogP contribution is -2.38. The molecule has 0 aromatic rings. The first kappa shape index (κ1) is 12.7. The number of rotatable bonds is 2. The Kier molecular flexibility index (Phi) is 5.08. The Bertz CT molecular complexity index is 271. The van der Waals surface area contributed by atoms with E-state index in [1.54, 1.807) is 5.84 Å². The Morgan fingerprint density at radius 1 is 1.00 bits per heavy atom. The molecular weight excluding hydrogens is 208 g/mol. The van der Waals surface area contributed by atoms with Gasteiger partial charge in [-0.2, -0.15) is 0 Å². The van der Waals surface area contributed by atoms with Gasteiger partial charge in [0.2, 0.25) is 5.84 Å². The molecule has 0 atom stereocenters. The second kappa shape index (κ2) is 6.83. The van der Waals surface area contributed by atoms with Gasteiger partial charge in [0.1, 0.15) is 6.54 Å². The van der Waals surface area contributed by atoms with Gasteiger partial charge in [0.25, 0.3) is 0 Å². The minimum atomic E-state index is 1.03. The van der Waals surface area contributed by atoms with Gasteiger partial charge in [-0.3, -0.25) is 9.48 Å². The Hall–Kier alpha value is -0.790. The third kappa shape index (κ3) is 3.58. The fraction of sp³-hybridized carbons (Fsp3) is 0.800. The van der Waals surface area contributed by atoms with Gasteiger partial charge in [0.05, 0.1) is 19.6 Å². The molecule has 0 N–H and O–H groups in total. The van der Waals surface area contributed by atoms with E-state index in [1.165, 1.54) is 71.0 Å². The van der Waals surface area contributed by atoms with Crippen LogP contribution in [0.25, 0.3) is 0 Å². The van der Waals surface area contributed by atoms with Crippen molar-refractivity contribution in [1.82, 2.24) is 4.90 Å². The molecule has 2 aliphatic heterocycles. The molecule has 2 aliphatic rings. The fourth-order valence-corrected chi connectivity index (χ4v) is 3.09. The summed E-state index contributed by atoms with van der Waals surface area (Å²) in [5, 5.41) is 0. The zero-order valence-corrected chi connectivity index (χ0v) is 11.2. The first-order chi connectivity index (χ1) is 8.42. The highest BCUT2D eigenvalue weighted by molar-refractivity contribution is 5.77. The predicted octanol–water partition coefficient (Wildman–Crippen LogP) is 3.03. The Morgan fingerprint density at radius 3 is 2.41 bits per heavy atom. The fourth-order valence-electron chi connectivity index (χ4n) is 3.09. The van der Waals surface area contributed by atoms with E-state index in [0.717, 1.165) is 6.54 Å². The average molecular weight is 235 g/mol. The second-order valence-corrected chi connectivity index (χ2v) is 5.36. The molecule has 0 bridgehead atoms. The summed E-state index contributed by atoms with van der Waals surface area (Å²) >= 11 is 0. The van der Waals surface area contributed by atoms with Crippen LogP contribution in [0.1, 0.15) is 51.4 Å². The number of nitrogens with zero attached hydrogens (tertiary/aromatic N) is 2. The first-order valence-electron chi connectivity index (χ1n) is 7.38. The van der Waals surface area contributed by atoms with Crippen LogP contribution >= 0.6 is 0 Å². The lowest BCUT2D eigenvalue weighted by Gasteiger charge is -2.19. The van der Waals surface area contributed by atoms with Gasteiger partial charge in [-0.15, -0.1) is 0 Å². The third-order valence-corrected chi connectivity index (χ3v) is 4.01. The van der Waals surface area contributed by atoms with Crippen molar-refractivity contribution >= 4 is 5.84 Å². The molecule has 0 aliphatic carbocycles. The zero-order chi connectivity index (χ0) is 11.9. The van der Waals surface area contributed by atoms with Crippen LogP contribution in [0.4, 0.5) is 0 Å². The SMILES string of the molecule is C=CCN1CCCCCC1=[N+]1CCCCCC1. The Balaban J connectivity index is 2.15. The molecule has 0 aromatic heterocycles. The van der Waals surface area contributed by atoms with Crippen LogP contribution in [-0.2, 0) is 0 Å². The third-order valence-electron chi connectivity index (χ3n) is 4.01. The molecule has 0 saturated carbocycles. The lowest BCUT2D eigenvalue weighted by molar-refractivity contribution is -0.532. The van der Waals surface area contributed by atoms with Crippen molar-refractivity contribution in [3.8, 4) is 0 Å². The lowest BCUT2D eigenvalue weighted by atomic mass is 10.2. The van der Waals surface area contributed by atoms with Gasteiger partial charge < -0.3 is 0 Å². The molecule has 0 aromatic carbocycles. The highest BCUT2D eigenvalue weighted by atomic mass is 15.2. The van der Waals surface area contributed by atoms with Crippen LogP contribution in [0.5, 0.6) is 0 Å². The number of hydrogen-bond donors (Lipinski definition) is 0. The van der Waals surface area contributed by atoms with Crippen molar-refractivity contribution < 1.29 is 4.58 Å². The maximum atomic E-state index is 3.91. The largest absolute Gasteiger partial charge is 0.266 e. The molecule has 96 valence electrons. The van der Waals surface area contributed by atoms with E-state index in [9.17, 15) is 0 Å². The summed E-state index contributed by atoms with van der Waals surface area (Å²) < 4.78 is 2.67. The molecule has 0 radical (unpaired) electrons. The van der Waals surface area contributed by atoms with Gasteiger partial charge in [-0.05, 0) is 44.9 Å². The van der Waals surface area contributed by atoms with E-state index in [4.69, 9.17) is 0 Å². The summed E-state index contributed by atoms with van der Waals surface area (Å²) in [6, 6.07) is 0. The molecule has 2 heteroatoms. The monoisotopic (exact) mass is 235 g/mol. The van der Waals surface area contributed by atoms with Crippen molar-refractivity contribution in [2.45, 2.75) is 51.4 Å². The number of likely N-dealkylation sites (tertiary alicyclic amines) is 1. The Labute approximate surface area is 106 Å². The molecule has 2 heterocycles. The minimum Gasteiger partial charge on any atom is -0.266 e. The van der Waals surface area contributed by atoms with Gasteiger partial charge in [0.15, 0.2) is 0 Å². The molecule has 2 fully saturated rings. The normalized spacial score (nSPS) is 23.2. The van der Waals surface area contributed by atoms with E-state index >= 15 is 0 Å². The number of hydrogen-bond acceptors (Lipinski definition) is 0. The molecule has 2 rings (SSSR count). The van der Waals surface area contributed by atoms with Gasteiger partial charge >= 0.3 is 0 Å². The van der Waals surface area contributed by atoms with Crippen LogP contribution in [0.15, 0.2) is 12.7 Å². The average Bonchev–Trinajstić information content (AvgIpc) is 2.71. The van der Waals surface area contributed by atoms with E-state index in [-0.39, 0.29) is 0 Å². The summed E-state index contributed by atoms with van der Waals surface area (Å²) in [5.74, 6) is 1.62. The summed E-state index contributed by atoms with van der Waals surface area (Å²) in [5.41, 5.74) is 0. The van der Waals surface area contributed by atoms with E-state index in [1.807, 2.05) is 0 Å². The summed E-state index contributed by atoms with van der Waals surface area (Å²) in [6.07, 6.45) is 13.1. The van der Waals surface area contributed by atoms with Gasteiger partial charge in [0, 0.05) is 6.42 Å². The summed E-state index contributed by atoms with van der Waals surface area (Å²) in [7, 11) is 0. The molecule has 0 spiro atoms. The minimum absolute atomic E-state index is 1.03. The topological polar surface area (TPSA) is 6.25 Å². The smallest absolute Gasteiger partial charge is 0.247 e. The maximum Gasteiger partial charge on any atom is 0.247 e. The van der Waals surface area contributed by atoms with Crippen LogP contribution in [0.3, 0.4) is 0 Å². The summed E-state index contributed by atoms with van der Waals surface area (Å²) in [6.45, 7) is 8.74. The quantitative estimate of drug-likeness (QED) is 0.527. The van der Waals surface area contributed by atoms with Crippen LogP contribution in [-0.4, -0.2) is 41.5 Å². The second-order valence-electron chi connectivity index (χ2n) is 5.36. The summed E-state index contributed by atoms with van der Waals surface area (Å²) in [4.78, 5) is 2.57. The molecular formula is C15H27N2+. The number of amidine groups is 1. The van der Waals surface area contributed by atoms with Crippen molar-refractivity contribution in [3.63, 3.8) is 0 Å². The standard InChI is InChI=1S/C15H27N2/c1-2-11-16-12-9-5-6-10-15(16)17-13-7-3-4-8-14-17/h2H,1,3-14H2/q+1. The van der Waals surface area contributed by atoms with Crippen molar-refractivity contribution in [3.05, 3.63) is 12.7 Å². The Morgan fingerprint density at radius 2 is 1.71 bits per heavy atom. The van der Waals surface area contributed by atoms with Crippen LogP contribution in [0, 0.1) is 0 Å². The van der Waals surface area contributed by atoms with Gasteiger partial charge in [-0.1, -0.05) is 12.7 Å². The molecule has 17 heavy (non-hydrogen) atoms. The van der Waals surface area contributed by atoms with E-state index < -0.39 is 0 Å². The van der Waals surface area contributed by atoms with Gasteiger partial charge in [-0.25, -0.2) is 0 Å². The van der Waals surface area contributed by atoms with Crippen LogP contribution in [0.2, 0.25) is 0 Å². The molecule has 2 saturated heterocycles. The zero-order valence-electron chi connectivity index (χ0n) is 11.2. The van der Waals surface area contributed by atoms with Crippen molar-refractivity contribution in [2.24, 2.45) is 0 Å². The molecule has 2 nitrogen and oxygen atoms in total. The van der Waals surface area contributed by atoms with E-state index in [2.05, 4.69) is 22.1 Å². The predicted molar refractivity (Wildman–Crippen MR) is 73.7 cm³/mol. The van der Waals surface area contributed by atoms with E-state index in [0.29, 0.717) is 0 Å². The maximum absolute atomic E-state index is 3.91. The molecule has 0 amide bonds. The highest BCUT2D eigenvalue weighted by Crippen LogP contribution is 2.15. The van der Waals surface area contributed by atoms with Crippen molar-refractivity contribution in [1.29, 1.82) is 0 Å². The van der Waals surface area contributed by atoms with Crippen LogP contribution < -0.4 is 0 Å².